The highest BCUT2D eigenvalue weighted by Gasteiger charge is 2.28. The van der Waals surface area contributed by atoms with E-state index >= 15 is 0 Å². The first kappa shape index (κ1) is 13.5. The summed E-state index contributed by atoms with van der Waals surface area (Å²) in [5.74, 6) is -1.42. The molecule has 0 aromatic heterocycles. The van der Waals surface area contributed by atoms with Gasteiger partial charge in [-0.05, 0) is 11.6 Å². The molecule has 1 aromatic carbocycles. The maximum Gasteiger partial charge on any atom is 0.336 e. The van der Waals surface area contributed by atoms with Crippen LogP contribution in [0.3, 0.4) is 0 Å². The van der Waals surface area contributed by atoms with Crippen LogP contribution in [0.25, 0.3) is 0 Å². The van der Waals surface area contributed by atoms with Crippen molar-refractivity contribution in [3.63, 3.8) is 0 Å². The van der Waals surface area contributed by atoms with Crippen LogP contribution in [-0.4, -0.2) is 47.7 Å². The summed E-state index contributed by atoms with van der Waals surface area (Å²) in [6, 6.07) is 6.25. The van der Waals surface area contributed by atoms with Crippen LogP contribution in [0, 0.1) is 0 Å². The molecular weight excluding hydrogens is 248 g/mol. The van der Waals surface area contributed by atoms with Crippen LogP contribution in [0.1, 0.15) is 15.9 Å². The Balaban J connectivity index is 2.19. The van der Waals surface area contributed by atoms with Gasteiger partial charge in [-0.2, -0.15) is 0 Å². The third kappa shape index (κ3) is 3.10. The van der Waals surface area contributed by atoms with E-state index in [9.17, 15) is 9.59 Å². The Hall–Kier alpha value is -1.92. The van der Waals surface area contributed by atoms with E-state index in [-0.39, 0.29) is 12.2 Å². The molecule has 1 atom stereocenters. The van der Waals surface area contributed by atoms with Crippen molar-refractivity contribution in [1.29, 1.82) is 0 Å². The van der Waals surface area contributed by atoms with Gasteiger partial charge < -0.3 is 15.6 Å². The van der Waals surface area contributed by atoms with Crippen molar-refractivity contribution in [2.24, 2.45) is 5.73 Å². The molecule has 19 heavy (non-hydrogen) atoms. The molecule has 1 aliphatic rings. The second kappa shape index (κ2) is 5.81. The molecule has 102 valence electrons. The molecule has 0 saturated carbocycles. The Labute approximate surface area is 110 Å². The minimum atomic E-state index is -0.973. The zero-order valence-electron chi connectivity index (χ0n) is 10.4. The van der Waals surface area contributed by atoms with Crippen molar-refractivity contribution in [1.82, 2.24) is 4.90 Å². The lowest BCUT2D eigenvalue weighted by molar-refractivity contribution is -0.129. The van der Waals surface area contributed by atoms with Crippen molar-refractivity contribution in [2.75, 3.05) is 19.8 Å². The summed E-state index contributed by atoms with van der Waals surface area (Å²) >= 11 is 0. The Morgan fingerprint density at radius 2 is 2.16 bits per heavy atom. The minimum Gasteiger partial charge on any atom is -0.478 e. The Morgan fingerprint density at radius 1 is 1.42 bits per heavy atom. The minimum absolute atomic E-state index is 0.247. The molecule has 0 aliphatic carbocycles. The number of rotatable bonds is 4. The van der Waals surface area contributed by atoms with Crippen LogP contribution in [0.5, 0.6) is 0 Å². The van der Waals surface area contributed by atoms with Gasteiger partial charge in [-0.15, -0.1) is 0 Å². The number of nitrogens with two attached hydrogens (primary N) is 1. The number of amides is 1. The third-order valence-electron chi connectivity index (χ3n) is 3.19. The number of carboxylic acids is 1. The molecule has 1 unspecified atom stereocenters. The molecule has 1 fully saturated rings. The number of carbonyl (C=O) groups excluding carboxylic acids is 1. The SMILES string of the molecule is NC(=O)C1COCCN1Cc1ccccc1C(=O)O. The van der Waals surface area contributed by atoms with Gasteiger partial charge in [0.1, 0.15) is 6.04 Å². The molecule has 6 nitrogen and oxygen atoms in total. The van der Waals surface area contributed by atoms with Crippen LogP contribution in [-0.2, 0) is 16.1 Å². The predicted molar refractivity (Wildman–Crippen MR) is 67.6 cm³/mol. The zero-order valence-corrected chi connectivity index (χ0v) is 10.4. The van der Waals surface area contributed by atoms with Crippen molar-refractivity contribution < 1.29 is 19.4 Å². The van der Waals surface area contributed by atoms with Crippen LogP contribution < -0.4 is 5.73 Å². The van der Waals surface area contributed by atoms with Crippen LogP contribution in [0.15, 0.2) is 24.3 Å². The van der Waals surface area contributed by atoms with E-state index < -0.39 is 17.9 Å². The van der Waals surface area contributed by atoms with Crippen LogP contribution >= 0.6 is 0 Å². The Kier molecular flexibility index (Phi) is 4.13. The highest BCUT2D eigenvalue weighted by Crippen LogP contribution is 2.16. The van der Waals surface area contributed by atoms with Crippen LogP contribution in [0.2, 0.25) is 0 Å². The fourth-order valence-corrected chi connectivity index (χ4v) is 2.17. The van der Waals surface area contributed by atoms with Gasteiger partial charge in [-0.3, -0.25) is 9.69 Å². The summed E-state index contributed by atoms with van der Waals surface area (Å²) in [7, 11) is 0. The fourth-order valence-electron chi connectivity index (χ4n) is 2.17. The lowest BCUT2D eigenvalue weighted by Gasteiger charge is -2.33. The van der Waals surface area contributed by atoms with E-state index in [1.165, 1.54) is 0 Å². The standard InChI is InChI=1S/C13H16N2O4/c14-12(16)11-8-19-6-5-15(11)7-9-3-1-2-4-10(9)13(17)18/h1-4,11H,5-8H2,(H2,14,16)(H,17,18). The molecule has 1 amide bonds. The van der Waals surface area contributed by atoms with E-state index in [1.54, 1.807) is 24.3 Å². The molecule has 0 bridgehead atoms. The zero-order chi connectivity index (χ0) is 13.8. The molecule has 0 radical (unpaired) electrons. The van der Waals surface area contributed by atoms with Crippen molar-refractivity contribution >= 4 is 11.9 Å². The largest absolute Gasteiger partial charge is 0.478 e. The molecule has 1 heterocycles. The molecule has 0 spiro atoms. The van der Waals surface area contributed by atoms with Crippen LogP contribution in [0.4, 0.5) is 0 Å². The van der Waals surface area contributed by atoms with Gasteiger partial charge in [0.2, 0.25) is 5.91 Å². The van der Waals surface area contributed by atoms with Crippen molar-refractivity contribution in [2.45, 2.75) is 12.6 Å². The van der Waals surface area contributed by atoms with E-state index in [1.807, 2.05) is 4.90 Å². The maximum atomic E-state index is 11.4. The summed E-state index contributed by atoms with van der Waals surface area (Å²) in [5, 5.41) is 9.14. The quantitative estimate of drug-likeness (QED) is 0.802. The molecule has 6 heteroatoms. The summed E-state index contributed by atoms with van der Waals surface area (Å²) in [5.41, 5.74) is 6.25. The number of hydrogen-bond donors (Lipinski definition) is 2. The van der Waals surface area contributed by atoms with Crippen molar-refractivity contribution in [3.05, 3.63) is 35.4 Å². The summed E-state index contributed by atoms with van der Waals surface area (Å²) in [6.07, 6.45) is 0. The number of primary amides is 1. The van der Waals surface area contributed by atoms with Gasteiger partial charge in [0.05, 0.1) is 18.8 Å². The Morgan fingerprint density at radius 3 is 2.84 bits per heavy atom. The van der Waals surface area contributed by atoms with Gasteiger partial charge in [0, 0.05) is 13.1 Å². The number of aromatic carboxylic acids is 1. The number of ether oxygens (including phenoxy) is 1. The number of morpholine rings is 1. The van der Waals surface area contributed by atoms with Gasteiger partial charge >= 0.3 is 5.97 Å². The molecule has 3 N–H and O–H groups in total. The number of hydrogen-bond acceptors (Lipinski definition) is 4. The normalized spacial score (nSPS) is 20.1. The first-order valence-electron chi connectivity index (χ1n) is 6.02. The molecular formula is C13H16N2O4. The monoisotopic (exact) mass is 264 g/mol. The smallest absolute Gasteiger partial charge is 0.336 e. The predicted octanol–water partition coefficient (Wildman–Crippen LogP) is 0.0709. The average Bonchev–Trinajstić information content (AvgIpc) is 2.39. The highest BCUT2D eigenvalue weighted by molar-refractivity contribution is 5.89. The number of benzene rings is 1. The molecule has 1 saturated heterocycles. The van der Waals surface area contributed by atoms with E-state index in [4.69, 9.17) is 15.6 Å². The van der Waals surface area contributed by atoms with E-state index in [0.29, 0.717) is 25.3 Å². The topological polar surface area (TPSA) is 92.9 Å². The number of carbonyl (C=O) groups is 2. The van der Waals surface area contributed by atoms with E-state index in [0.717, 1.165) is 0 Å². The summed E-state index contributed by atoms with van der Waals surface area (Å²) in [6.45, 7) is 1.70. The Bertz CT molecular complexity index is 489. The number of carboxylic acid groups (broad SMARTS) is 1. The van der Waals surface area contributed by atoms with E-state index in [2.05, 4.69) is 0 Å². The van der Waals surface area contributed by atoms with Gasteiger partial charge in [0.15, 0.2) is 0 Å². The maximum absolute atomic E-state index is 11.4. The average molecular weight is 264 g/mol. The molecule has 1 aromatic rings. The fraction of sp³-hybridized carbons (Fsp3) is 0.385. The van der Waals surface area contributed by atoms with Gasteiger partial charge in [-0.25, -0.2) is 4.79 Å². The molecule has 1 aliphatic heterocycles. The first-order valence-corrected chi connectivity index (χ1v) is 6.02. The lowest BCUT2D eigenvalue weighted by atomic mass is 10.1. The highest BCUT2D eigenvalue weighted by atomic mass is 16.5. The van der Waals surface area contributed by atoms with Gasteiger partial charge in [0.25, 0.3) is 0 Å². The lowest BCUT2D eigenvalue weighted by Crippen LogP contribution is -2.51. The van der Waals surface area contributed by atoms with Crippen molar-refractivity contribution in [3.8, 4) is 0 Å². The second-order valence-corrected chi connectivity index (χ2v) is 4.43. The second-order valence-electron chi connectivity index (χ2n) is 4.43. The molecule has 2 rings (SSSR count). The summed E-state index contributed by atoms with van der Waals surface area (Å²) in [4.78, 5) is 24.4. The first-order chi connectivity index (χ1) is 9.09. The van der Waals surface area contributed by atoms with Gasteiger partial charge in [-0.1, -0.05) is 18.2 Å². The summed E-state index contributed by atoms with van der Waals surface area (Å²) < 4.78 is 5.23. The third-order valence-corrected chi connectivity index (χ3v) is 3.19. The number of nitrogens with zero attached hydrogens (tertiary/aromatic N) is 1.